The van der Waals surface area contributed by atoms with Crippen molar-refractivity contribution in [1.29, 1.82) is 0 Å². The molecular weight excluding hydrogens is 360 g/mol. The Morgan fingerprint density at radius 2 is 1.97 bits per heavy atom. The first-order valence-electron chi connectivity index (χ1n) is 10.3. The topological polar surface area (TPSA) is 47.1 Å². The van der Waals surface area contributed by atoms with E-state index in [1.165, 1.54) is 24.0 Å². The Labute approximate surface area is 171 Å². The van der Waals surface area contributed by atoms with Gasteiger partial charge in [0, 0.05) is 24.7 Å². The van der Waals surface area contributed by atoms with Gasteiger partial charge in [-0.3, -0.25) is 4.90 Å². The number of aromatic nitrogens is 3. The number of oxazole rings is 1. The Hall–Kier alpha value is -2.92. The van der Waals surface area contributed by atoms with Crippen molar-refractivity contribution in [3.8, 4) is 11.5 Å². The molecule has 0 N–H and O–H groups in total. The molecule has 4 aromatic rings. The Morgan fingerprint density at radius 3 is 2.76 bits per heavy atom. The van der Waals surface area contributed by atoms with Crippen molar-refractivity contribution in [3.05, 3.63) is 71.9 Å². The van der Waals surface area contributed by atoms with Crippen LogP contribution >= 0.6 is 0 Å². The van der Waals surface area contributed by atoms with Crippen molar-refractivity contribution < 1.29 is 4.42 Å². The van der Waals surface area contributed by atoms with E-state index in [9.17, 15) is 0 Å². The molecule has 1 aliphatic heterocycles. The van der Waals surface area contributed by atoms with Crippen LogP contribution in [0.15, 0.2) is 59.5 Å². The number of benzene rings is 2. The van der Waals surface area contributed by atoms with Gasteiger partial charge in [-0.15, -0.1) is 0 Å². The maximum Gasteiger partial charge on any atom is 0.226 e. The monoisotopic (exact) mass is 386 g/mol. The van der Waals surface area contributed by atoms with Crippen molar-refractivity contribution in [2.75, 3.05) is 6.54 Å². The van der Waals surface area contributed by atoms with E-state index in [0.29, 0.717) is 11.9 Å². The number of hydrogen-bond donors (Lipinski definition) is 0. The standard InChI is InChI=1S/C24H26N4O/c1-17-5-10-23-22(12-17)25-16-28(23)13-19-6-8-20(9-7-19)24-26-21(15-29-24)14-27-11-3-4-18(27)2/h5-10,12,15-16,18H,3-4,11,13-14H2,1-2H3/t18-/m0/s1. The fraction of sp³-hybridized carbons (Fsp3) is 0.333. The quantitative estimate of drug-likeness (QED) is 0.482. The number of hydrogen-bond acceptors (Lipinski definition) is 4. The van der Waals surface area contributed by atoms with Gasteiger partial charge in [0.2, 0.25) is 5.89 Å². The highest BCUT2D eigenvalue weighted by atomic mass is 16.3. The first-order chi connectivity index (χ1) is 14.2. The fourth-order valence-electron chi connectivity index (χ4n) is 4.20. The van der Waals surface area contributed by atoms with Crippen LogP contribution in [0, 0.1) is 6.92 Å². The molecule has 5 rings (SSSR count). The fourth-order valence-corrected chi connectivity index (χ4v) is 4.20. The first-order valence-corrected chi connectivity index (χ1v) is 10.3. The van der Waals surface area contributed by atoms with Gasteiger partial charge in [0.25, 0.3) is 0 Å². The molecule has 2 aromatic heterocycles. The zero-order valence-corrected chi connectivity index (χ0v) is 17.0. The predicted molar refractivity (Wildman–Crippen MR) is 115 cm³/mol. The van der Waals surface area contributed by atoms with Crippen LogP contribution in [-0.4, -0.2) is 32.0 Å². The van der Waals surface area contributed by atoms with Gasteiger partial charge in [-0.1, -0.05) is 18.2 Å². The van der Waals surface area contributed by atoms with Gasteiger partial charge >= 0.3 is 0 Å². The lowest BCUT2D eigenvalue weighted by molar-refractivity contribution is 0.257. The Balaban J connectivity index is 1.30. The van der Waals surface area contributed by atoms with Crippen molar-refractivity contribution in [3.63, 3.8) is 0 Å². The highest BCUT2D eigenvalue weighted by Crippen LogP contribution is 2.23. The van der Waals surface area contributed by atoms with Crippen molar-refractivity contribution in [1.82, 2.24) is 19.4 Å². The lowest BCUT2D eigenvalue weighted by atomic mass is 10.1. The molecule has 0 radical (unpaired) electrons. The summed E-state index contributed by atoms with van der Waals surface area (Å²) in [5, 5.41) is 0. The van der Waals surface area contributed by atoms with E-state index in [4.69, 9.17) is 9.40 Å². The highest BCUT2D eigenvalue weighted by molar-refractivity contribution is 5.76. The smallest absolute Gasteiger partial charge is 0.226 e. The normalized spacial score (nSPS) is 17.4. The number of nitrogens with zero attached hydrogens (tertiary/aromatic N) is 4. The third kappa shape index (κ3) is 3.70. The molecule has 1 aliphatic rings. The highest BCUT2D eigenvalue weighted by Gasteiger charge is 2.21. The van der Waals surface area contributed by atoms with Crippen LogP contribution < -0.4 is 0 Å². The Bertz CT molecular complexity index is 1130. The van der Waals surface area contributed by atoms with Crippen molar-refractivity contribution in [2.45, 2.75) is 45.8 Å². The number of aryl methyl sites for hydroxylation is 1. The summed E-state index contributed by atoms with van der Waals surface area (Å²) in [6, 6.07) is 15.5. The third-order valence-corrected chi connectivity index (χ3v) is 5.94. The van der Waals surface area contributed by atoms with Gasteiger partial charge in [0.05, 0.1) is 23.1 Å². The maximum absolute atomic E-state index is 5.76. The van der Waals surface area contributed by atoms with E-state index in [1.807, 2.05) is 6.33 Å². The van der Waals surface area contributed by atoms with E-state index < -0.39 is 0 Å². The summed E-state index contributed by atoms with van der Waals surface area (Å²) in [7, 11) is 0. The summed E-state index contributed by atoms with van der Waals surface area (Å²) < 4.78 is 7.94. The maximum atomic E-state index is 5.76. The van der Waals surface area contributed by atoms with E-state index in [2.05, 4.69) is 70.8 Å². The summed E-state index contributed by atoms with van der Waals surface area (Å²) in [4.78, 5) is 11.7. The first kappa shape index (κ1) is 18.1. The average Bonchev–Trinajstić information content (AvgIpc) is 3.44. The minimum absolute atomic E-state index is 0.637. The summed E-state index contributed by atoms with van der Waals surface area (Å²) in [5.41, 5.74) is 6.69. The average molecular weight is 386 g/mol. The van der Waals surface area contributed by atoms with Crippen molar-refractivity contribution >= 4 is 11.0 Å². The molecule has 1 fully saturated rings. The van der Waals surface area contributed by atoms with Crippen LogP contribution in [-0.2, 0) is 13.1 Å². The molecule has 29 heavy (non-hydrogen) atoms. The molecular formula is C24H26N4O. The summed E-state index contributed by atoms with van der Waals surface area (Å²) in [6.07, 6.45) is 6.27. The predicted octanol–water partition coefficient (Wildman–Crippen LogP) is 5.03. The van der Waals surface area contributed by atoms with Gasteiger partial charge in [0.15, 0.2) is 0 Å². The minimum Gasteiger partial charge on any atom is -0.444 e. The zero-order chi connectivity index (χ0) is 19.8. The largest absolute Gasteiger partial charge is 0.444 e. The van der Waals surface area contributed by atoms with Crippen LogP contribution in [0.4, 0.5) is 0 Å². The SMILES string of the molecule is Cc1ccc2c(c1)ncn2Cc1ccc(-c2nc(CN3CCC[C@@H]3C)co2)cc1. The lowest BCUT2D eigenvalue weighted by Gasteiger charge is -2.18. The van der Waals surface area contributed by atoms with Crippen LogP contribution in [0.1, 0.15) is 36.6 Å². The summed E-state index contributed by atoms with van der Waals surface area (Å²) in [6.45, 7) is 7.20. The molecule has 0 aliphatic carbocycles. The van der Waals surface area contributed by atoms with Gasteiger partial charge in [-0.2, -0.15) is 0 Å². The molecule has 0 amide bonds. The van der Waals surface area contributed by atoms with Gasteiger partial charge < -0.3 is 8.98 Å². The molecule has 2 aromatic carbocycles. The van der Waals surface area contributed by atoms with Crippen LogP contribution in [0.3, 0.4) is 0 Å². The number of imidazole rings is 1. The van der Waals surface area contributed by atoms with E-state index >= 15 is 0 Å². The molecule has 1 atom stereocenters. The second-order valence-corrected chi connectivity index (χ2v) is 8.17. The Morgan fingerprint density at radius 1 is 1.10 bits per heavy atom. The zero-order valence-electron chi connectivity index (χ0n) is 17.0. The van der Waals surface area contributed by atoms with Crippen molar-refractivity contribution in [2.24, 2.45) is 0 Å². The van der Waals surface area contributed by atoms with Gasteiger partial charge in [-0.25, -0.2) is 9.97 Å². The lowest BCUT2D eigenvalue weighted by Crippen LogP contribution is -2.26. The number of rotatable bonds is 5. The summed E-state index contributed by atoms with van der Waals surface area (Å²) in [5.74, 6) is 0.696. The molecule has 0 unspecified atom stereocenters. The van der Waals surface area contributed by atoms with E-state index in [0.717, 1.165) is 41.9 Å². The molecule has 1 saturated heterocycles. The number of fused-ring (bicyclic) bond motifs is 1. The van der Waals surface area contributed by atoms with Crippen LogP contribution in [0.2, 0.25) is 0 Å². The third-order valence-electron chi connectivity index (χ3n) is 5.94. The number of likely N-dealkylation sites (tertiary alicyclic amines) is 1. The molecule has 0 bridgehead atoms. The molecule has 0 spiro atoms. The van der Waals surface area contributed by atoms with Crippen LogP contribution in [0.5, 0.6) is 0 Å². The van der Waals surface area contributed by atoms with Gasteiger partial charge in [0.1, 0.15) is 6.26 Å². The second-order valence-electron chi connectivity index (χ2n) is 8.17. The molecule has 148 valence electrons. The molecule has 5 nitrogen and oxygen atoms in total. The molecule has 0 saturated carbocycles. The molecule has 3 heterocycles. The Kier molecular flexibility index (Phi) is 4.68. The minimum atomic E-state index is 0.637. The van der Waals surface area contributed by atoms with E-state index in [-0.39, 0.29) is 0 Å². The summed E-state index contributed by atoms with van der Waals surface area (Å²) >= 11 is 0. The second kappa shape index (κ2) is 7.48. The van der Waals surface area contributed by atoms with E-state index in [1.54, 1.807) is 6.26 Å². The van der Waals surface area contributed by atoms with Gasteiger partial charge in [-0.05, 0) is 68.6 Å². The molecule has 5 heteroatoms. The van der Waals surface area contributed by atoms with Crippen LogP contribution in [0.25, 0.3) is 22.5 Å².